The van der Waals surface area contributed by atoms with Crippen LogP contribution in [0.1, 0.15) is 41.4 Å². The van der Waals surface area contributed by atoms with E-state index in [0.717, 1.165) is 29.4 Å². The van der Waals surface area contributed by atoms with Crippen LogP contribution in [0.5, 0.6) is 5.75 Å². The van der Waals surface area contributed by atoms with Crippen molar-refractivity contribution in [1.29, 1.82) is 0 Å². The molecule has 0 bridgehead atoms. The maximum Gasteiger partial charge on any atom is 0.268 e. The molecule has 0 saturated heterocycles. The van der Waals surface area contributed by atoms with Crippen molar-refractivity contribution in [2.45, 2.75) is 32.5 Å². The number of nitrogens with one attached hydrogen (secondary N) is 2. The number of carbonyl (C=O) groups excluding carboxylic acids is 1. The first-order valence-corrected chi connectivity index (χ1v) is 13.4. The van der Waals surface area contributed by atoms with Crippen molar-refractivity contribution in [3.63, 3.8) is 0 Å². The van der Waals surface area contributed by atoms with Crippen molar-refractivity contribution < 1.29 is 23.1 Å². The Morgan fingerprint density at radius 1 is 1.08 bits per heavy atom. The number of nitrogens with two attached hydrogens (primary N) is 1. The first kappa shape index (κ1) is 27.1. The predicted molar refractivity (Wildman–Crippen MR) is 140 cm³/mol. The fourth-order valence-corrected chi connectivity index (χ4v) is 3.98. The van der Waals surface area contributed by atoms with E-state index in [-0.39, 0.29) is 11.7 Å². The first-order valence-electron chi connectivity index (χ1n) is 11.5. The van der Waals surface area contributed by atoms with E-state index in [0.29, 0.717) is 30.2 Å². The van der Waals surface area contributed by atoms with Gasteiger partial charge in [0.05, 0.1) is 24.0 Å². The van der Waals surface area contributed by atoms with E-state index in [1.807, 2.05) is 42.8 Å². The number of hydrogen-bond donors (Lipinski definition) is 4. The number of amides is 1. The summed E-state index contributed by atoms with van der Waals surface area (Å²) >= 11 is 0. The van der Waals surface area contributed by atoms with Gasteiger partial charge in [-0.2, -0.15) is 0 Å². The largest absolute Gasteiger partial charge is 0.490 e. The minimum Gasteiger partial charge on any atom is -0.490 e. The standard InChI is InChI=1S/C26H32N4O5S/c1-17(2)35-24-14-20(8-10-22(24)26(32)30-36(3,33)34)19-6-4-18(5-7-19)12-13-28-16-23(31)21-9-11-25(27)29-15-21/h4-11,14-15,17,23,28,31H,12-13,16H2,1-3H3,(H2,27,29)(H,30,32)/t23-/m0/s1. The molecule has 3 aromatic rings. The number of anilines is 1. The topological polar surface area (TPSA) is 144 Å². The van der Waals surface area contributed by atoms with E-state index in [2.05, 4.69) is 10.3 Å². The molecule has 3 rings (SSSR count). The molecule has 0 saturated carbocycles. The molecule has 0 radical (unpaired) electrons. The molecular weight excluding hydrogens is 480 g/mol. The molecule has 2 aromatic carbocycles. The van der Waals surface area contributed by atoms with E-state index in [1.54, 1.807) is 36.5 Å². The first-order chi connectivity index (χ1) is 17.0. The van der Waals surface area contributed by atoms with Crippen LogP contribution in [-0.2, 0) is 16.4 Å². The highest BCUT2D eigenvalue weighted by atomic mass is 32.2. The molecule has 9 nitrogen and oxygen atoms in total. The van der Waals surface area contributed by atoms with Gasteiger partial charge < -0.3 is 20.9 Å². The van der Waals surface area contributed by atoms with Gasteiger partial charge in [0.25, 0.3) is 5.91 Å². The van der Waals surface area contributed by atoms with Crippen molar-refractivity contribution in [3.8, 4) is 16.9 Å². The number of rotatable bonds is 11. The fraction of sp³-hybridized carbons (Fsp3) is 0.308. The number of pyridine rings is 1. The maximum atomic E-state index is 12.4. The van der Waals surface area contributed by atoms with Crippen LogP contribution in [0.4, 0.5) is 5.82 Å². The second-order valence-electron chi connectivity index (χ2n) is 8.76. The Bertz CT molecular complexity index is 1280. The van der Waals surface area contributed by atoms with Crippen LogP contribution in [0, 0.1) is 0 Å². The Labute approximate surface area is 211 Å². The molecule has 36 heavy (non-hydrogen) atoms. The lowest BCUT2D eigenvalue weighted by Crippen LogP contribution is -2.30. The molecule has 0 aliphatic carbocycles. The number of hydrogen-bond acceptors (Lipinski definition) is 8. The highest BCUT2D eigenvalue weighted by molar-refractivity contribution is 7.89. The van der Waals surface area contributed by atoms with Gasteiger partial charge in [-0.15, -0.1) is 0 Å². The number of ether oxygens (including phenoxy) is 1. The molecule has 0 fully saturated rings. The Morgan fingerprint density at radius 2 is 1.78 bits per heavy atom. The summed E-state index contributed by atoms with van der Waals surface area (Å²) in [6.07, 6.45) is 2.42. The van der Waals surface area contributed by atoms with Crippen molar-refractivity contribution >= 4 is 21.7 Å². The van der Waals surface area contributed by atoms with Crippen LogP contribution in [0.25, 0.3) is 11.1 Å². The SMILES string of the molecule is CC(C)Oc1cc(-c2ccc(CCNC[C@H](O)c3ccc(N)nc3)cc2)ccc1C(=O)NS(C)(=O)=O. The number of aromatic nitrogens is 1. The van der Waals surface area contributed by atoms with Crippen molar-refractivity contribution in [3.05, 3.63) is 77.5 Å². The monoisotopic (exact) mass is 512 g/mol. The number of carbonyl (C=O) groups is 1. The predicted octanol–water partition coefficient (Wildman–Crippen LogP) is 2.67. The van der Waals surface area contributed by atoms with E-state index in [4.69, 9.17) is 10.5 Å². The molecule has 192 valence electrons. The van der Waals surface area contributed by atoms with E-state index in [9.17, 15) is 18.3 Å². The van der Waals surface area contributed by atoms with Gasteiger partial charge in [-0.1, -0.05) is 36.4 Å². The lowest BCUT2D eigenvalue weighted by molar-refractivity contribution is 0.0976. The van der Waals surface area contributed by atoms with Crippen LogP contribution in [-0.4, -0.2) is 49.9 Å². The summed E-state index contributed by atoms with van der Waals surface area (Å²) in [5.41, 5.74) is 9.33. The minimum absolute atomic E-state index is 0.150. The van der Waals surface area contributed by atoms with Gasteiger partial charge in [-0.25, -0.2) is 18.1 Å². The molecular formula is C26H32N4O5S. The quantitative estimate of drug-likeness (QED) is 0.287. The smallest absolute Gasteiger partial charge is 0.268 e. The second kappa shape index (κ2) is 12.0. The molecule has 1 heterocycles. The van der Waals surface area contributed by atoms with Crippen LogP contribution in [0.15, 0.2) is 60.8 Å². The zero-order chi connectivity index (χ0) is 26.3. The molecule has 1 atom stereocenters. The summed E-state index contributed by atoms with van der Waals surface area (Å²) < 4.78 is 30.7. The average Bonchev–Trinajstić information content (AvgIpc) is 2.81. The number of nitrogens with zero attached hydrogens (tertiary/aromatic N) is 1. The number of nitrogen functional groups attached to an aromatic ring is 1. The van der Waals surface area contributed by atoms with Crippen molar-refractivity contribution in [2.75, 3.05) is 25.1 Å². The Hall–Kier alpha value is -3.47. The normalized spacial score (nSPS) is 12.4. The van der Waals surface area contributed by atoms with Crippen molar-refractivity contribution in [2.24, 2.45) is 0 Å². The van der Waals surface area contributed by atoms with Crippen LogP contribution in [0.2, 0.25) is 0 Å². The number of benzene rings is 2. The average molecular weight is 513 g/mol. The molecule has 0 aliphatic rings. The Morgan fingerprint density at radius 3 is 2.39 bits per heavy atom. The van der Waals surface area contributed by atoms with Gasteiger partial charge >= 0.3 is 0 Å². The summed E-state index contributed by atoms with van der Waals surface area (Å²) in [6.45, 7) is 4.76. The summed E-state index contributed by atoms with van der Waals surface area (Å²) in [6, 6.07) is 16.5. The highest BCUT2D eigenvalue weighted by Crippen LogP contribution is 2.29. The molecule has 0 unspecified atom stereocenters. The summed E-state index contributed by atoms with van der Waals surface area (Å²) in [5.74, 6) is -0.00785. The third kappa shape index (κ3) is 8.04. The highest BCUT2D eigenvalue weighted by Gasteiger charge is 2.18. The van der Waals surface area contributed by atoms with Gasteiger partial charge in [0, 0.05) is 18.3 Å². The van der Waals surface area contributed by atoms with Gasteiger partial charge in [0.1, 0.15) is 11.6 Å². The molecule has 1 aromatic heterocycles. The third-order valence-electron chi connectivity index (χ3n) is 5.28. The molecule has 0 spiro atoms. The summed E-state index contributed by atoms with van der Waals surface area (Å²) in [7, 11) is -3.70. The Balaban J connectivity index is 1.62. The second-order valence-corrected chi connectivity index (χ2v) is 10.5. The molecule has 5 N–H and O–H groups in total. The molecule has 10 heteroatoms. The van der Waals surface area contributed by atoms with Crippen LogP contribution in [0.3, 0.4) is 0 Å². The van der Waals surface area contributed by atoms with Gasteiger partial charge in [-0.3, -0.25) is 4.79 Å². The Kier molecular flexibility index (Phi) is 9.03. The van der Waals surface area contributed by atoms with Crippen molar-refractivity contribution in [1.82, 2.24) is 15.0 Å². The summed E-state index contributed by atoms with van der Waals surface area (Å²) in [5, 5.41) is 13.5. The molecule has 0 aliphatic heterocycles. The van der Waals surface area contributed by atoms with Gasteiger partial charge in [0.15, 0.2) is 0 Å². The number of sulfonamides is 1. The third-order valence-corrected chi connectivity index (χ3v) is 5.83. The van der Waals surface area contributed by atoms with Crippen LogP contribution >= 0.6 is 0 Å². The number of aliphatic hydroxyl groups excluding tert-OH is 1. The van der Waals surface area contributed by atoms with Gasteiger partial charge in [0.2, 0.25) is 10.0 Å². The lowest BCUT2D eigenvalue weighted by Gasteiger charge is -2.16. The fourth-order valence-electron chi connectivity index (χ4n) is 3.53. The number of aliphatic hydroxyl groups is 1. The zero-order valence-corrected chi connectivity index (χ0v) is 21.4. The lowest BCUT2D eigenvalue weighted by atomic mass is 10.0. The zero-order valence-electron chi connectivity index (χ0n) is 20.6. The maximum absolute atomic E-state index is 12.4. The van der Waals surface area contributed by atoms with E-state index < -0.39 is 22.0 Å². The van der Waals surface area contributed by atoms with Crippen LogP contribution < -0.4 is 20.5 Å². The van der Waals surface area contributed by atoms with E-state index in [1.165, 1.54) is 0 Å². The minimum atomic E-state index is -3.70. The van der Waals surface area contributed by atoms with Gasteiger partial charge in [-0.05, 0) is 61.7 Å². The van der Waals surface area contributed by atoms with E-state index >= 15 is 0 Å². The molecule has 1 amide bonds. The summed E-state index contributed by atoms with van der Waals surface area (Å²) in [4.78, 5) is 16.4.